The van der Waals surface area contributed by atoms with Gasteiger partial charge < -0.3 is 9.84 Å². The Bertz CT molecular complexity index is 491. The van der Waals surface area contributed by atoms with Gasteiger partial charge in [-0.15, -0.1) is 0 Å². The second-order valence-corrected chi connectivity index (χ2v) is 7.58. The number of carbonyl (C=O) groups is 1. The predicted molar refractivity (Wildman–Crippen MR) is 97.5 cm³/mol. The molecule has 4 unspecified atom stereocenters. The van der Waals surface area contributed by atoms with E-state index in [-0.39, 0.29) is 24.2 Å². The van der Waals surface area contributed by atoms with Crippen LogP contribution >= 0.6 is 0 Å². The van der Waals surface area contributed by atoms with Crippen LogP contribution in [0.25, 0.3) is 0 Å². The normalized spacial score (nSPS) is 30.2. The van der Waals surface area contributed by atoms with E-state index in [4.69, 9.17) is 4.74 Å². The highest BCUT2D eigenvalue weighted by Gasteiger charge is 2.48. The molecule has 0 bridgehead atoms. The second kappa shape index (κ2) is 8.84. The van der Waals surface area contributed by atoms with E-state index in [9.17, 15) is 9.90 Å². The number of allylic oxidation sites excluding steroid dienone is 2. The Kier molecular flexibility index (Phi) is 7.09. The number of ketones is 1. The SMILES string of the molecule is C=C(CCO)C1C(CCCCC)=C(OC)C(=O)C2CCCC(C)C21. The summed E-state index contributed by atoms with van der Waals surface area (Å²) < 4.78 is 5.62. The van der Waals surface area contributed by atoms with E-state index in [1.54, 1.807) is 7.11 Å². The Morgan fingerprint density at radius 1 is 1.33 bits per heavy atom. The summed E-state index contributed by atoms with van der Waals surface area (Å²) in [5.41, 5.74) is 2.24. The van der Waals surface area contributed by atoms with Crippen LogP contribution in [0.4, 0.5) is 0 Å². The summed E-state index contributed by atoms with van der Waals surface area (Å²) in [6, 6.07) is 0. The van der Waals surface area contributed by atoms with Gasteiger partial charge in [0, 0.05) is 18.4 Å². The van der Waals surface area contributed by atoms with E-state index in [0.29, 0.717) is 24.0 Å². The molecule has 0 heterocycles. The standard InChI is InChI=1S/C21H34O3/c1-5-6-7-10-17-19(15(3)12-13-22)18-14(2)9-8-11-16(18)20(23)21(17)24-4/h14,16,18-19,22H,3,5-13H2,1-2,4H3. The molecule has 2 aliphatic rings. The third-order valence-electron chi connectivity index (χ3n) is 6.04. The summed E-state index contributed by atoms with van der Waals surface area (Å²) in [6.07, 6.45) is 8.20. The van der Waals surface area contributed by atoms with Gasteiger partial charge in [-0.3, -0.25) is 4.79 Å². The molecule has 3 heteroatoms. The lowest BCUT2D eigenvalue weighted by Crippen LogP contribution is -2.44. The summed E-state index contributed by atoms with van der Waals surface area (Å²) in [5, 5.41) is 9.43. The molecule has 4 atom stereocenters. The summed E-state index contributed by atoms with van der Waals surface area (Å²) >= 11 is 0. The molecule has 0 aromatic carbocycles. The molecule has 0 radical (unpaired) electrons. The van der Waals surface area contributed by atoms with E-state index in [2.05, 4.69) is 20.4 Å². The van der Waals surface area contributed by atoms with Crippen LogP contribution in [-0.2, 0) is 9.53 Å². The van der Waals surface area contributed by atoms with Gasteiger partial charge >= 0.3 is 0 Å². The van der Waals surface area contributed by atoms with Crippen LogP contribution in [0.1, 0.15) is 65.2 Å². The van der Waals surface area contributed by atoms with Gasteiger partial charge in [-0.1, -0.05) is 51.7 Å². The van der Waals surface area contributed by atoms with E-state index in [1.807, 2.05) is 0 Å². The zero-order valence-electron chi connectivity index (χ0n) is 15.6. The smallest absolute Gasteiger partial charge is 0.200 e. The largest absolute Gasteiger partial charge is 0.493 e. The highest BCUT2D eigenvalue weighted by atomic mass is 16.5. The van der Waals surface area contributed by atoms with Crippen LogP contribution in [0.15, 0.2) is 23.5 Å². The highest BCUT2D eigenvalue weighted by Crippen LogP contribution is 2.51. The van der Waals surface area contributed by atoms with Crippen LogP contribution in [0, 0.1) is 23.7 Å². The molecule has 2 rings (SSSR count). The van der Waals surface area contributed by atoms with E-state index in [1.165, 1.54) is 6.42 Å². The van der Waals surface area contributed by atoms with E-state index >= 15 is 0 Å². The molecule has 0 aromatic rings. The Hall–Kier alpha value is -1.09. The molecular weight excluding hydrogens is 300 g/mol. The first-order valence-electron chi connectivity index (χ1n) is 9.66. The lowest BCUT2D eigenvalue weighted by Gasteiger charge is -2.46. The van der Waals surface area contributed by atoms with Crippen molar-refractivity contribution in [2.75, 3.05) is 13.7 Å². The zero-order chi connectivity index (χ0) is 17.7. The fourth-order valence-corrected chi connectivity index (χ4v) is 4.89. The van der Waals surface area contributed by atoms with Crippen LogP contribution in [0.5, 0.6) is 0 Å². The maximum Gasteiger partial charge on any atom is 0.200 e. The quantitative estimate of drug-likeness (QED) is 0.519. The molecule has 0 amide bonds. The van der Waals surface area contributed by atoms with Crippen LogP contribution in [0.2, 0.25) is 0 Å². The Morgan fingerprint density at radius 3 is 2.71 bits per heavy atom. The molecule has 3 nitrogen and oxygen atoms in total. The van der Waals surface area contributed by atoms with Crippen molar-refractivity contribution in [2.24, 2.45) is 23.7 Å². The number of aliphatic hydroxyl groups is 1. The van der Waals surface area contributed by atoms with Gasteiger partial charge in [-0.05, 0) is 43.1 Å². The highest BCUT2D eigenvalue weighted by molar-refractivity contribution is 5.97. The van der Waals surface area contributed by atoms with Crippen molar-refractivity contribution in [1.29, 1.82) is 0 Å². The maximum absolute atomic E-state index is 13.0. The first-order valence-corrected chi connectivity index (χ1v) is 9.66. The molecule has 1 saturated carbocycles. The third-order valence-corrected chi connectivity index (χ3v) is 6.04. The average molecular weight is 335 g/mol. The molecule has 0 aromatic heterocycles. The fraction of sp³-hybridized carbons (Fsp3) is 0.762. The number of fused-ring (bicyclic) bond motifs is 1. The van der Waals surface area contributed by atoms with Crippen molar-refractivity contribution in [3.05, 3.63) is 23.5 Å². The van der Waals surface area contributed by atoms with Gasteiger partial charge in [0.15, 0.2) is 5.76 Å². The molecular formula is C21H34O3. The van der Waals surface area contributed by atoms with Crippen LogP contribution < -0.4 is 0 Å². The summed E-state index contributed by atoms with van der Waals surface area (Å²) in [5.74, 6) is 1.94. The number of methoxy groups -OCH3 is 1. The van der Waals surface area contributed by atoms with Crippen molar-refractivity contribution in [1.82, 2.24) is 0 Å². The van der Waals surface area contributed by atoms with Crippen molar-refractivity contribution in [2.45, 2.75) is 65.2 Å². The molecule has 0 aliphatic heterocycles. The second-order valence-electron chi connectivity index (χ2n) is 7.58. The van der Waals surface area contributed by atoms with Gasteiger partial charge in [0.1, 0.15) is 0 Å². The molecule has 136 valence electrons. The minimum Gasteiger partial charge on any atom is -0.493 e. The number of hydrogen-bond donors (Lipinski definition) is 1. The molecule has 0 saturated heterocycles. The van der Waals surface area contributed by atoms with Crippen molar-refractivity contribution in [3.8, 4) is 0 Å². The lowest BCUT2D eigenvalue weighted by molar-refractivity contribution is -0.128. The van der Waals surface area contributed by atoms with Crippen molar-refractivity contribution in [3.63, 3.8) is 0 Å². The fourth-order valence-electron chi connectivity index (χ4n) is 4.89. The number of ether oxygens (including phenoxy) is 1. The molecule has 1 fully saturated rings. The van der Waals surface area contributed by atoms with Gasteiger partial charge in [-0.25, -0.2) is 0 Å². The lowest BCUT2D eigenvalue weighted by atomic mass is 9.58. The number of hydrogen-bond acceptors (Lipinski definition) is 3. The number of Topliss-reactive ketones (excluding diaryl/α,β-unsaturated/α-hetero) is 1. The summed E-state index contributed by atoms with van der Waals surface area (Å²) in [7, 11) is 1.63. The Morgan fingerprint density at radius 2 is 2.08 bits per heavy atom. The van der Waals surface area contributed by atoms with E-state index in [0.717, 1.165) is 49.7 Å². The van der Waals surface area contributed by atoms with Gasteiger partial charge in [0.25, 0.3) is 0 Å². The topological polar surface area (TPSA) is 46.5 Å². The Labute approximate surface area is 147 Å². The number of unbranched alkanes of at least 4 members (excludes halogenated alkanes) is 2. The van der Waals surface area contributed by atoms with Gasteiger partial charge in [0.2, 0.25) is 5.78 Å². The van der Waals surface area contributed by atoms with Crippen molar-refractivity contribution < 1.29 is 14.6 Å². The Balaban J connectivity index is 2.44. The van der Waals surface area contributed by atoms with Crippen LogP contribution in [-0.4, -0.2) is 24.6 Å². The minimum atomic E-state index is 0.0686. The number of aliphatic hydroxyl groups excluding tert-OH is 1. The zero-order valence-corrected chi connectivity index (χ0v) is 15.6. The van der Waals surface area contributed by atoms with Gasteiger partial charge in [-0.2, -0.15) is 0 Å². The molecule has 0 spiro atoms. The first-order chi connectivity index (χ1) is 11.6. The monoisotopic (exact) mass is 334 g/mol. The molecule has 1 N–H and O–H groups in total. The molecule has 2 aliphatic carbocycles. The minimum absolute atomic E-state index is 0.0686. The maximum atomic E-state index is 13.0. The summed E-state index contributed by atoms with van der Waals surface area (Å²) in [6.45, 7) is 8.91. The van der Waals surface area contributed by atoms with Gasteiger partial charge in [0.05, 0.1) is 7.11 Å². The molecule has 24 heavy (non-hydrogen) atoms. The third kappa shape index (κ3) is 3.77. The van der Waals surface area contributed by atoms with Crippen LogP contribution in [0.3, 0.4) is 0 Å². The predicted octanol–water partition coefficient (Wildman–Crippen LogP) is 4.66. The van der Waals surface area contributed by atoms with Crippen molar-refractivity contribution >= 4 is 5.78 Å². The average Bonchev–Trinajstić information content (AvgIpc) is 2.56. The number of carbonyl (C=O) groups excluding carboxylic acids is 1. The first kappa shape index (κ1) is 19.2. The number of rotatable bonds is 8. The van der Waals surface area contributed by atoms with E-state index < -0.39 is 0 Å². The summed E-state index contributed by atoms with van der Waals surface area (Å²) in [4.78, 5) is 13.0.